The van der Waals surface area contributed by atoms with Crippen LogP contribution in [0.2, 0.25) is 0 Å². The lowest BCUT2D eigenvalue weighted by atomic mass is 9.94. The molecule has 0 saturated carbocycles. The number of rotatable bonds is 5. The number of hydrogen-bond donors (Lipinski definition) is 0. The van der Waals surface area contributed by atoms with Gasteiger partial charge in [0.25, 0.3) is 0 Å². The molecule has 0 spiro atoms. The molecule has 6 nitrogen and oxygen atoms in total. The predicted octanol–water partition coefficient (Wildman–Crippen LogP) is 4.50. The first-order chi connectivity index (χ1) is 12.7. The van der Waals surface area contributed by atoms with E-state index < -0.39 is 29.8 Å². The van der Waals surface area contributed by atoms with E-state index in [9.17, 15) is 18.0 Å². The van der Waals surface area contributed by atoms with E-state index in [0.717, 1.165) is 13.8 Å². The molecule has 2 aromatic heterocycles. The van der Waals surface area contributed by atoms with E-state index in [4.69, 9.17) is 9.47 Å². The fourth-order valence-corrected chi connectivity index (χ4v) is 2.07. The Kier molecular flexibility index (Phi) is 5.77. The zero-order valence-electron chi connectivity index (χ0n) is 16.7. The van der Waals surface area contributed by atoms with Gasteiger partial charge in [0.15, 0.2) is 5.82 Å². The number of aromatic nitrogens is 3. The Morgan fingerprint density at radius 3 is 2.29 bits per heavy atom. The highest BCUT2D eigenvalue weighted by molar-refractivity contribution is 5.90. The monoisotopic (exact) mass is 399 g/mol. The summed E-state index contributed by atoms with van der Waals surface area (Å²) in [6.07, 6.45) is -2.86. The van der Waals surface area contributed by atoms with E-state index in [0.29, 0.717) is 17.1 Å². The third-order valence-electron chi connectivity index (χ3n) is 3.84. The van der Waals surface area contributed by atoms with Crippen LogP contribution in [-0.2, 0) is 4.74 Å². The second-order valence-electron chi connectivity index (χ2n) is 8.07. The molecule has 0 N–H and O–H groups in total. The molecule has 0 aromatic carbocycles. The van der Waals surface area contributed by atoms with Crippen LogP contribution in [-0.4, -0.2) is 39.1 Å². The number of nitrogens with zero attached hydrogens (tertiary/aromatic N) is 3. The lowest BCUT2D eigenvalue weighted by molar-refractivity contribution is -0.219. The molecule has 0 amide bonds. The third-order valence-corrected chi connectivity index (χ3v) is 3.84. The molecule has 9 heteroatoms. The minimum atomic E-state index is -4.38. The van der Waals surface area contributed by atoms with E-state index in [1.165, 1.54) is 16.9 Å². The molecule has 2 aromatic rings. The fourth-order valence-electron chi connectivity index (χ4n) is 2.07. The van der Waals surface area contributed by atoms with Gasteiger partial charge in [0.1, 0.15) is 12.2 Å². The molecule has 0 unspecified atom stereocenters. The Labute approximate surface area is 161 Å². The van der Waals surface area contributed by atoms with Crippen LogP contribution in [0, 0.1) is 12.3 Å². The van der Waals surface area contributed by atoms with Crippen LogP contribution in [0.25, 0.3) is 5.82 Å². The van der Waals surface area contributed by atoms with Crippen molar-refractivity contribution >= 4 is 5.97 Å². The summed E-state index contributed by atoms with van der Waals surface area (Å²) < 4.78 is 50.6. The van der Waals surface area contributed by atoms with Gasteiger partial charge < -0.3 is 9.47 Å². The maximum atomic E-state index is 12.9. The summed E-state index contributed by atoms with van der Waals surface area (Å²) in [6, 6.07) is 4.59. The number of alkyl halides is 3. The van der Waals surface area contributed by atoms with Crippen molar-refractivity contribution in [1.82, 2.24) is 14.8 Å². The maximum absolute atomic E-state index is 12.9. The average Bonchev–Trinajstić information content (AvgIpc) is 2.99. The quantitative estimate of drug-likeness (QED) is 0.693. The van der Waals surface area contributed by atoms with Crippen molar-refractivity contribution in [2.75, 3.05) is 6.61 Å². The number of hydrogen-bond acceptors (Lipinski definition) is 5. The topological polar surface area (TPSA) is 66.2 Å². The number of carbonyl (C=O) groups is 1. The highest BCUT2D eigenvalue weighted by Gasteiger charge is 2.48. The molecule has 0 fully saturated rings. The summed E-state index contributed by atoms with van der Waals surface area (Å²) in [5, 5.41) is 4.09. The zero-order valence-corrected chi connectivity index (χ0v) is 16.7. The van der Waals surface area contributed by atoms with Gasteiger partial charge in [-0.2, -0.15) is 13.2 Å². The van der Waals surface area contributed by atoms with Gasteiger partial charge >= 0.3 is 12.1 Å². The largest absolute Gasteiger partial charge is 0.476 e. The van der Waals surface area contributed by atoms with Crippen LogP contribution in [0.15, 0.2) is 24.4 Å². The molecular formula is C19H24F3N3O3. The molecule has 0 atom stereocenters. The van der Waals surface area contributed by atoms with Crippen molar-refractivity contribution in [3.05, 3.63) is 35.7 Å². The van der Waals surface area contributed by atoms with Gasteiger partial charge in [0.2, 0.25) is 5.88 Å². The molecule has 0 aliphatic heterocycles. The number of esters is 1. The Hall–Kier alpha value is -2.58. The van der Waals surface area contributed by atoms with Crippen LogP contribution in [0.3, 0.4) is 0 Å². The Morgan fingerprint density at radius 1 is 1.11 bits per heavy atom. The van der Waals surface area contributed by atoms with Crippen molar-refractivity contribution in [1.29, 1.82) is 0 Å². The van der Waals surface area contributed by atoms with Crippen LogP contribution in [0.5, 0.6) is 5.88 Å². The maximum Gasteiger partial charge on any atom is 0.397 e. The highest BCUT2D eigenvalue weighted by Crippen LogP contribution is 2.37. The first-order valence-electron chi connectivity index (χ1n) is 8.66. The van der Waals surface area contributed by atoms with Gasteiger partial charge in [-0.15, -0.1) is 5.10 Å². The minimum Gasteiger partial charge on any atom is -0.476 e. The molecule has 0 saturated heterocycles. The van der Waals surface area contributed by atoms with Gasteiger partial charge in [0.05, 0.1) is 16.7 Å². The van der Waals surface area contributed by atoms with E-state index >= 15 is 0 Å². The van der Waals surface area contributed by atoms with Gasteiger partial charge in [-0.25, -0.2) is 14.5 Å². The molecule has 0 radical (unpaired) electrons. The second-order valence-corrected chi connectivity index (χ2v) is 8.07. The number of carbonyl (C=O) groups excluding carboxylic acids is 1. The van der Waals surface area contributed by atoms with Crippen LogP contribution in [0.1, 0.15) is 50.7 Å². The molecule has 0 aliphatic carbocycles. The van der Waals surface area contributed by atoms with Gasteiger partial charge in [-0.1, -0.05) is 0 Å². The van der Waals surface area contributed by atoms with Crippen molar-refractivity contribution in [2.45, 2.75) is 53.3 Å². The first-order valence-corrected chi connectivity index (χ1v) is 8.66. The Balaban J connectivity index is 2.13. The van der Waals surface area contributed by atoms with Crippen LogP contribution >= 0.6 is 0 Å². The summed E-state index contributed by atoms with van der Waals surface area (Å²) >= 11 is 0. The van der Waals surface area contributed by atoms with Crippen molar-refractivity contribution in [3.8, 4) is 11.7 Å². The fraction of sp³-hybridized carbons (Fsp3) is 0.526. The highest BCUT2D eigenvalue weighted by atomic mass is 19.4. The van der Waals surface area contributed by atoms with Gasteiger partial charge in [0, 0.05) is 12.3 Å². The smallest absolute Gasteiger partial charge is 0.397 e. The molecule has 2 heterocycles. The van der Waals surface area contributed by atoms with E-state index in [1.54, 1.807) is 39.8 Å². The van der Waals surface area contributed by atoms with E-state index in [2.05, 4.69) is 10.1 Å². The lowest BCUT2D eigenvalue weighted by Gasteiger charge is -2.26. The number of ether oxygens (including phenoxy) is 2. The van der Waals surface area contributed by atoms with Gasteiger partial charge in [-0.05, 0) is 53.7 Å². The molecule has 0 bridgehead atoms. The lowest BCUT2D eigenvalue weighted by Crippen LogP contribution is -2.37. The first kappa shape index (κ1) is 21.7. The predicted molar refractivity (Wildman–Crippen MR) is 96.6 cm³/mol. The van der Waals surface area contributed by atoms with Crippen molar-refractivity contribution in [2.24, 2.45) is 5.41 Å². The summed E-state index contributed by atoms with van der Waals surface area (Å²) in [5.41, 5.74) is -1.85. The summed E-state index contributed by atoms with van der Waals surface area (Å²) in [7, 11) is 0. The number of halogens is 3. The standard InChI is InChI=1S/C19H24F3N3O3/c1-12-13(16(26)28-17(2,3)4)7-8-14(23-12)25-10-9-15(24-25)27-11-18(5,6)19(20,21)22/h7-10H,11H2,1-6H3. The Bertz CT molecular complexity index is 852. The minimum absolute atomic E-state index is 0.0491. The van der Waals surface area contributed by atoms with Gasteiger partial charge in [-0.3, -0.25) is 0 Å². The number of pyridine rings is 1. The van der Waals surface area contributed by atoms with E-state index in [1.807, 2.05) is 0 Å². The van der Waals surface area contributed by atoms with Crippen molar-refractivity contribution in [3.63, 3.8) is 0 Å². The summed E-state index contributed by atoms with van der Waals surface area (Å²) in [5.74, 6) is -0.0364. The number of aryl methyl sites for hydroxylation is 1. The summed E-state index contributed by atoms with van der Waals surface area (Å²) in [6.45, 7) is 8.54. The zero-order chi connectivity index (χ0) is 21.3. The summed E-state index contributed by atoms with van der Waals surface area (Å²) in [4.78, 5) is 16.5. The molecule has 28 heavy (non-hydrogen) atoms. The molecule has 154 valence electrons. The third kappa shape index (κ3) is 5.24. The van der Waals surface area contributed by atoms with E-state index in [-0.39, 0.29) is 5.88 Å². The normalized spacial score (nSPS) is 12.8. The van der Waals surface area contributed by atoms with Crippen LogP contribution < -0.4 is 4.74 Å². The molecular weight excluding hydrogens is 375 g/mol. The molecule has 0 aliphatic rings. The molecule has 2 rings (SSSR count). The van der Waals surface area contributed by atoms with Crippen LogP contribution in [0.4, 0.5) is 13.2 Å². The average molecular weight is 399 g/mol. The Morgan fingerprint density at radius 2 is 1.75 bits per heavy atom. The second kappa shape index (κ2) is 7.44. The SMILES string of the molecule is Cc1nc(-n2ccc(OCC(C)(C)C(F)(F)F)n2)ccc1C(=O)OC(C)(C)C. The van der Waals surface area contributed by atoms with Crippen molar-refractivity contribution < 1.29 is 27.4 Å².